The molecule has 2 aromatic rings. The van der Waals surface area contributed by atoms with Crippen molar-refractivity contribution in [3.63, 3.8) is 0 Å². The number of pyridine rings is 1. The molecule has 0 aliphatic rings. The van der Waals surface area contributed by atoms with Gasteiger partial charge in [-0.2, -0.15) is 11.8 Å². The normalized spacial score (nSPS) is 10.6. The first-order valence-electron chi connectivity index (χ1n) is 5.21. The topological polar surface area (TPSA) is 50.7 Å². The summed E-state index contributed by atoms with van der Waals surface area (Å²) in [6.07, 6.45) is 6.59. The maximum absolute atomic E-state index is 4.38. The largest absolute Gasteiger partial charge is 0.370 e. The predicted octanol–water partition coefficient (Wildman–Crippen LogP) is 2.19. The standard InChI is InChI=1S/C11H14N4S/c1-16-8-2-5-13-10-4-3-9-11(15-10)14-7-6-12-9/h3-4,6-7H,2,5,8H2,1H3,(H,13,14,15). The summed E-state index contributed by atoms with van der Waals surface area (Å²) in [7, 11) is 0. The lowest BCUT2D eigenvalue weighted by molar-refractivity contribution is 0.983. The van der Waals surface area contributed by atoms with E-state index in [1.165, 1.54) is 5.75 Å². The molecule has 0 saturated carbocycles. The van der Waals surface area contributed by atoms with Crippen LogP contribution in [-0.4, -0.2) is 33.5 Å². The monoisotopic (exact) mass is 234 g/mol. The van der Waals surface area contributed by atoms with Gasteiger partial charge in [0.25, 0.3) is 0 Å². The number of thioether (sulfide) groups is 1. The van der Waals surface area contributed by atoms with E-state index in [4.69, 9.17) is 0 Å². The number of aromatic nitrogens is 3. The fraction of sp³-hybridized carbons (Fsp3) is 0.364. The molecule has 2 heterocycles. The predicted molar refractivity (Wildman–Crippen MR) is 68.8 cm³/mol. The van der Waals surface area contributed by atoms with Gasteiger partial charge in [-0.05, 0) is 30.6 Å². The van der Waals surface area contributed by atoms with Gasteiger partial charge in [0.15, 0.2) is 5.65 Å². The summed E-state index contributed by atoms with van der Waals surface area (Å²) >= 11 is 1.86. The Labute approximate surface area is 98.9 Å². The molecule has 0 atom stereocenters. The van der Waals surface area contributed by atoms with E-state index in [1.807, 2.05) is 23.9 Å². The van der Waals surface area contributed by atoms with Crippen LogP contribution in [0.3, 0.4) is 0 Å². The minimum Gasteiger partial charge on any atom is -0.370 e. The molecule has 0 radical (unpaired) electrons. The van der Waals surface area contributed by atoms with Crippen LogP contribution in [0.4, 0.5) is 5.82 Å². The Kier molecular flexibility index (Phi) is 3.93. The van der Waals surface area contributed by atoms with Crippen LogP contribution in [0.15, 0.2) is 24.5 Å². The van der Waals surface area contributed by atoms with Gasteiger partial charge in [0, 0.05) is 18.9 Å². The van der Waals surface area contributed by atoms with Crippen LogP contribution in [-0.2, 0) is 0 Å². The number of rotatable bonds is 5. The Morgan fingerprint density at radius 1 is 1.25 bits per heavy atom. The molecule has 1 N–H and O–H groups in total. The highest BCUT2D eigenvalue weighted by molar-refractivity contribution is 7.98. The van der Waals surface area contributed by atoms with Gasteiger partial charge in [-0.25, -0.2) is 9.97 Å². The SMILES string of the molecule is CSCCCNc1ccc2nccnc2n1. The first-order valence-corrected chi connectivity index (χ1v) is 6.60. The summed E-state index contributed by atoms with van der Waals surface area (Å²) in [4.78, 5) is 12.7. The van der Waals surface area contributed by atoms with Gasteiger partial charge < -0.3 is 5.32 Å². The zero-order valence-electron chi connectivity index (χ0n) is 9.18. The van der Waals surface area contributed by atoms with Crippen LogP contribution >= 0.6 is 11.8 Å². The van der Waals surface area contributed by atoms with Gasteiger partial charge in [-0.3, -0.25) is 4.98 Å². The van der Waals surface area contributed by atoms with Gasteiger partial charge in [-0.15, -0.1) is 0 Å². The second-order valence-electron chi connectivity index (χ2n) is 3.37. The first-order chi connectivity index (χ1) is 7.90. The molecule has 2 rings (SSSR count). The smallest absolute Gasteiger partial charge is 0.180 e. The minimum atomic E-state index is 0.692. The first kappa shape index (κ1) is 11.1. The Hall–Kier alpha value is -1.36. The van der Waals surface area contributed by atoms with Gasteiger partial charge in [-0.1, -0.05) is 0 Å². The molecule has 84 valence electrons. The van der Waals surface area contributed by atoms with Crippen LogP contribution < -0.4 is 5.32 Å². The van der Waals surface area contributed by atoms with Gasteiger partial charge in [0.1, 0.15) is 11.3 Å². The molecule has 0 unspecified atom stereocenters. The van der Waals surface area contributed by atoms with Crippen molar-refractivity contribution >= 4 is 28.7 Å². The van der Waals surface area contributed by atoms with Crippen molar-refractivity contribution in [2.24, 2.45) is 0 Å². The summed E-state index contributed by atoms with van der Waals surface area (Å²) in [6, 6.07) is 3.88. The van der Waals surface area contributed by atoms with E-state index in [9.17, 15) is 0 Å². The molecule has 0 bridgehead atoms. The van der Waals surface area contributed by atoms with E-state index in [0.717, 1.165) is 24.3 Å². The fourth-order valence-corrected chi connectivity index (χ4v) is 1.82. The lowest BCUT2D eigenvalue weighted by Gasteiger charge is -2.04. The molecule has 16 heavy (non-hydrogen) atoms. The molecule has 2 aromatic heterocycles. The molecule has 0 aliphatic heterocycles. The number of nitrogens with zero attached hydrogens (tertiary/aromatic N) is 3. The van der Waals surface area contributed by atoms with E-state index in [2.05, 4.69) is 26.5 Å². The zero-order valence-corrected chi connectivity index (χ0v) is 10.00. The molecule has 0 aliphatic carbocycles. The second-order valence-corrected chi connectivity index (χ2v) is 4.35. The average Bonchev–Trinajstić information content (AvgIpc) is 2.34. The Bertz CT molecular complexity index is 460. The Morgan fingerprint density at radius 2 is 2.12 bits per heavy atom. The third-order valence-corrected chi connectivity index (χ3v) is 2.86. The van der Waals surface area contributed by atoms with E-state index >= 15 is 0 Å². The van der Waals surface area contributed by atoms with Gasteiger partial charge in [0.05, 0.1) is 0 Å². The highest BCUT2D eigenvalue weighted by Gasteiger charge is 1.98. The van der Waals surface area contributed by atoms with E-state index < -0.39 is 0 Å². The highest BCUT2D eigenvalue weighted by Crippen LogP contribution is 2.10. The zero-order chi connectivity index (χ0) is 11.2. The quantitative estimate of drug-likeness (QED) is 0.804. The number of hydrogen-bond donors (Lipinski definition) is 1. The van der Waals surface area contributed by atoms with Crippen LogP contribution in [0.1, 0.15) is 6.42 Å². The minimum absolute atomic E-state index is 0.692. The maximum Gasteiger partial charge on any atom is 0.180 e. The summed E-state index contributed by atoms with van der Waals surface area (Å²) in [5, 5.41) is 3.28. The Morgan fingerprint density at radius 3 is 3.00 bits per heavy atom. The summed E-state index contributed by atoms with van der Waals surface area (Å²) in [5.41, 5.74) is 1.52. The van der Waals surface area contributed by atoms with Crippen molar-refractivity contribution in [2.75, 3.05) is 23.9 Å². The maximum atomic E-state index is 4.38. The third-order valence-electron chi connectivity index (χ3n) is 2.16. The third kappa shape index (κ3) is 2.82. The summed E-state index contributed by atoms with van der Waals surface area (Å²) in [6.45, 7) is 0.944. The second kappa shape index (κ2) is 5.65. The average molecular weight is 234 g/mol. The lowest BCUT2D eigenvalue weighted by atomic mass is 10.4. The molecule has 5 heteroatoms. The van der Waals surface area contributed by atoms with Crippen LogP contribution in [0, 0.1) is 0 Å². The van der Waals surface area contributed by atoms with Crippen molar-refractivity contribution in [3.8, 4) is 0 Å². The molecule has 0 fully saturated rings. The summed E-state index contributed by atoms with van der Waals surface area (Å²) in [5.74, 6) is 2.04. The van der Waals surface area contributed by atoms with E-state index in [0.29, 0.717) is 5.65 Å². The number of hydrogen-bond acceptors (Lipinski definition) is 5. The van der Waals surface area contributed by atoms with Crippen molar-refractivity contribution < 1.29 is 0 Å². The van der Waals surface area contributed by atoms with E-state index in [1.54, 1.807) is 12.4 Å². The number of anilines is 1. The molecule has 4 nitrogen and oxygen atoms in total. The molecule has 0 saturated heterocycles. The van der Waals surface area contributed by atoms with Crippen molar-refractivity contribution in [1.29, 1.82) is 0 Å². The van der Waals surface area contributed by atoms with Crippen molar-refractivity contribution in [3.05, 3.63) is 24.5 Å². The van der Waals surface area contributed by atoms with Crippen LogP contribution in [0.2, 0.25) is 0 Å². The van der Waals surface area contributed by atoms with Crippen LogP contribution in [0.25, 0.3) is 11.2 Å². The fourth-order valence-electron chi connectivity index (χ4n) is 1.39. The molecule has 0 spiro atoms. The number of fused-ring (bicyclic) bond motifs is 1. The van der Waals surface area contributed by atoms with Crippen LogP contribution in [0.5, 0.6) is 0 Å². The van der Waals surface area contributed by atoms with Gasteiger partial charge in [0.2, 0.25) is 0 Å². The van der Waals surface area contributed by atoms with Crippen molar-refractivity contribution in [2.45, 2.75) is 6.42 Å². The highest BCUT2D eigenvalue weighted by atomic mass is 32.2. The molecular formula is C11H14N4S. The summed E-state index contributed by atoms with van der Waals surface area (Å²) < 4.78 is 0. The molecule has 0 amide bonds. The Balaban J connectivity index is 2.02. The molecule has 0 aromatic carbocycles. The number of nitrogens with one attached hydrogen (secondary N) is 1. The van der Waals surface area contributed by atoms with Gasteiger partial charge >= 0.3 is 0 Å². The molecular weight excluding hydrogens is 220 g/mol. The van der Waals surface area contributed by atoms with Crippen molar-refractivity contribution in [1.82, 2.24) is 15.0 Å². The van der Waals surface area contributed by atoms with E-state index in [-0.39, 0.29) is 0 Å². The lowest BCUT2D eigenvalue weighted by Crippen LogP contribution is -2.04.